The molecule has 0 radical (unpaired) electrons. The molecule has 0 heterocycles. The maximum absolute atomic E-state index is 12.9. The smallest absolute Gasteiger partial charge is 0.307 e. The zero-order chi connectivity index (χ0) is 21.4. The van der Waals surface area contributed by atoms with Gasteiger partial charge in [-0.15, -0.1) is 0 Å². The number of hydrogen-bond donors (Lipinski definition) is 3. The SMILES string of the molecule is COC(=O)CC(NC(=O)c1cc(NC(C)=O)cc(NC(C)=O)c1)c1ccccc1. The van der Waals surface area contributed by atoms with Gasteiger partial charge in [0.05, 0.1) is 19.6 Å². The Morgan fingerprint density at radius 3 is 1.93 bits per heavy atom. The second-order valence-electron chi connectivity index (χ2n) is 6.38. The van der Waals surface area contributed by atoms with Crippen molar-refractivity contribution in [1.82, 2.24) is 5.32 Å². The third kappa shape index (κ3) is 6.76. The number of methoxy groups -OCH3 is 1. The lowest BCUT2D eigenvalue weighted by Crippen LogP contribution is -2.30. The third-order valence-corrected chi connectivity index (χ3v) is 3.94. The molecular formula is C21H23N3O5. The van der Waals surface area contributed by atoms with E-state index < -0.39 is 17.9 Å². The Labute approximate surface area is 168 Å². The molecule has 0 bridgehead atoms. The first-order chi connectivity index (χ1) is 13.8. The average Bonchev–Trinajstić information content (AvgIpc) is 2.66. The van der Waals surface area contributed by atoms with E-state index in [0.29, 0.717) is 11.4 Å². The summed E-state index contributed by atoms with van der Waals surface area (Å²) in [5.41, 5.74) is 1.67. The lowest BCUT2D eigenvalue weighted by Gasteiger charge is -2.19. The van der Waals surface area contributed by atoms with Gasteiger partial charge in [-0.1, -0.05) is 30.3 Å². The minimum atomic E-state index is -0.607. The predicted octanol–water partition coefficient (Wildman–Crippen LogP) is 2.64. The van der Waals surface area contributed by atoms with Crippen molar-refractivity contribution in [2.45, 2.75) is 26.3 Å². The van der Waals surface area contributed by atoms with E-state index in [4.69, 9.17) is 4.74 Å². The van der Waals surface area contributed by atoms with Crippen molar-refractivity contribution in [3.05, 3.63) is 59.7 Å². The summed E-state index contributed by atoms with van der Waals surface area (Å²) in [7, 11) is 1.28. The van der Waals surface area contributed by atoms with Gasteiger partial charge in [-0.25, -0.2) is 0 Å². The molecule has 29 heavy (non-hydrogen) atoms. The molecule has 2 rings (SSSR count). The second kappa shape index (κ2) is 10.0. The van der Waals surface area contributed by atoms with E-state index in [1.54, 1.807) is 30.3 Å². The van der Waals surface area contributed by atoms with E-state index in [9.17, 15) is 19.2 Å². The van der Waals surface area contributed by atoms with Crippen LogP contribution in [0.4, 0.5) is 11.4 Å². The molecule has 1 atom stereocenters. The third-order valence-electron chi connectivity index (χ3n) is 3.94. The molecule has 0 aliphatic heterocycles. The van der Waals surface area contributed by atoms with E-state index >= 15 is 0 Å². The van der Waals surface area contributed by atoms with Crippen molar-refractivity contribution < 1.29 is 23.9 Å². The van der Waals surface area contributed by atoms with Gasteiger partial charge in [-0.2, -0.15) is 0 Å². The Balaban J connectivity index is 2.33. The number of benzene rings is 2. The zero-order valence-electron chi connectivity index (χ0n) is 16.4. The maximum atomic E-state index is 12.9. The summed E-state index contributed by atoms with van der Waals surface area (Å²) >= 11 is 0. The van der Waals surface area contributed by atoms with E-state index in [1.807, 2.05) is 6.07 Å². The number of ether oxygens (including phenoxy) is 1. The summed E-state index contributed by atoms with van der Waals surface area (Å²) in [6.45, 7) is 2.68. The fraction of sp³-hybridized carbons (Fsp3) is 0.238. The van der Waals surface area contributed by atoms with Crippen molar-refractivity contribution in [2.75, 3.05) is 17.7 Å². The molecule has 0 saturated heterocycles. The van der Waals surface area contributed by atoms with Gasteiger partial charge in [0.1, 0.15) is 0 Å². The van der Waals surface area contributed by atoms with Crippen LogP contribution in [0.1, 0.15) is 42.2 Å². The van der Waals surface area contributed by atoms with Crippen molar-refractivity contribution in [3.63, 3.8) is 0 Å². The van der Waals surface area contributed by atoms with E-state index in [-0.39, 0.29) is 23.8 Å². The van der Waals surface area contributed by atoms with E-state index in [1.165, 1.54) is 33.1 Å². The molecular weight excluding hydrogens is 374 g/mol. The number of carbonyl (C=O) groups is 4. The molecule has 8 heteroatoms. The Kier molecular flexibility index (Phi) is 7.47. The van der Waals surface area contributed by atoms with Gasteiger partial charge in [0, 0.05) is 30.8 Å². The Morgan fingerprint density at radius 1 is 0.897 bits per heavy atom. The Hall–Kier alpha value is -3.68. The standard InChI is InChI=1S/C21H23N3O5/c1-13(25)22-17-9-16(10-18(11-17)23-14(2)26)21(28)24-19(12-20(27)29-3)15-7-5-4-6-8-15/h4-11,19H,12H2,1-3H3,(H,22,25)(H,23,26)(H,24,28). The van der Waals surface area contributed by atoms with Gasteiger partial charge in [-0.3, -0.25) is 19.2 Å². The van der Waals surface area contributed by atoms with Crippen LogP contribution in [0.5, 0.6) is 0 Å². The topological polar surface area (TPSA) is 114 Å². The molecule has 3 amide bonds. The minimum absolute atomic E-state index is 0.0454. The zero-order valence-corrected chi connectivity index (χ0v) is 16.4. The number of esters is 1. The lowest BCUT2D eigenvalue weighted by molar-refractivity contribution is -0.141. The first-order valence-corrected chi connectivity index (χ1v) is 8.91. The number of anilines is 2. The summed E-state index contributed by atoms with van der Waals surface area (Å²) in [5.74, 6) is -1.57. The molecule has 0 aliphatic rings. The molecule has 0 aliphatic carbocycles. The molecule has 2 aromatic rings. The summed E-state index contributed by atoms with van der Waals surface area (Å²) in [6.07, 6.45) is -0.0454. The van der Waals surface area contributed by atoms with Gasteiger partial charge < -0.3 is 20.7 Å². The van der Waals surface area contributed by atoms with Gasteiger partial charge in [0.2, 0.25) is 11.8 Å². The highest BCUT2D eigenvalue weighted by Crippen LogP contribution is 2.22. The van der Waals surface area contributed by atoms with Crippen LogP contribution in [0.25, 0.3) is 0 Å². The van der Waals surface area contributed by atoms with E-state index in [2.05, 4.69) is 16.0 Å². The van der Waals surface area contributed by atoms with Gasteiger partial charge >= 0.3 is 5.97 Å². The molecule has 2 aromatic carbocycles. The number of nitrogens with one attached hydrogen (secondary N) is 3. The molecule has 3 N–H and O–H groups in total. The van der Waals surface area contributed by atoms with Crippen molar-refractivity contribution in [3.8, 4) is 0 Å². The molecule has 0 spiro atoms. The van der Waals surface area contributed by atoms with Crippen LogP contribution in [0, 0.1) is 0 Å². The van der Waals surface area contributed by atoms with Crippen LogP contribution >= 0.6 is 0 Å². The first kappa shape index (κ1) is 21.6. The van der Waals surface area contributed by atoms with Crippen molar-refractivity contribution in [1.29, 1.82) is 0 Å². The molecule has 0 aromatic heterocycles. The summed E-state index contributed by atoms with van der Waals surface area (Å²) in [5, 5.41) is 8.00. The number of hydrogen-bond acceptors (Lipinski definition) is 5. The maximum Gasteiger partial charge on any atom is 0.307 e. The van der Waals surface area contributed by atoms with Crippen LogP contribution in [0.15, 0.2) is 48.5 Å². The van der Waals surface area contributed by atoms with Gasteiger partial charge in [-0.05, 0) is 23.8 Å². The molecule has 0 fully saturated rings. The largest absolute Gasteiger partial charge is 0.469 e. The highest BCUT2D eigenvalue weighted by atomic mass is 16.5. The quantitative estimate of drug-likeness (QED) is 0.622. The minimum Gasteiger partial charge on any atom is -0.469 e. The summed E-state index contributed by atoms with van der Waals surface area (Å²) in [4.78, 5) is 47.5. The van der Waals surface area contributed by atoms with E-state index in [0.717, 1.165) is 5.56 Å². The van der Waals surface area contributed by atoms with Crippen LogP contribution in [-0.2, 0) is 19.1 Å². The second-order valence-corrected chi connectivity index (χ2v) is 6.38. The normalized spacial score (nSPS) is 11.1. The van der Waals surface area contributed by atoms with Crippen LogP contribution < -0.4 is 16.0 Å². The van der Waals surface area contributed by atoms with Crippen LogP contribution in [0.2, 0.25) is 0 Å². The summed E-state index contributed by atoms with van der Waals surface area (Å²) < 4.78 is 4.73. The predicted molar refractivity (Wildman–Crippen MR) is 108 cm³/mol. The highest BCUT2D eigenvalue weighted by molar-refractivity contribution is 6.00. The Bertz CT molecular complexity index is 878. The van der Waals surface area contributed by atoms with Gasteiger partial charge in [0.15, 0.2) is 0 Å². The molecule has 0 saturated carbocycles. The average molecular weight is 397 g/mol. The van der Waals surface area contributed by atoms with Crippen LogP contribution in [-0.4, -0.2) is 30.8 Å². The lowest BCUT2D eigenvalue weighted by atomic mass is 10.0. The highest BCUT2D eigenvalue weighted by Gasteiger charge is 2.20. The van der Waals surface area contributed by atoms with Crippen molar-refractivity contribution in [2.24, 2.45) is 0 Å². The van der Waals surface area contributed by atoms with Gasteiger partial charge in [0.25, 0.3) is 5.91 Å². The number of amides is 3. The fourth-order valence-corrected chi connectivity index (χ4v) is 2.74. The van der Waals surface area contributed by atoms with Crippen LogP contribution in [0.3, 0.4) is 0 Å². The number of rotatable bonds is 7. The first-order valence-electron chi connectivity index (χ1n) is 8.91. The van der Waals surface area contributed by atoms with Crippen molar-refractivity contribution >= 4 is 35.1 Å². The monoisotopic (exact) mass is 397 g/mol. The Morgan fingerprint density at radius 2 is 1.45 bits per heavy atom. The molecule has 1 unspecified atom stereocenters. The summed E-state index contributed by atoms with van der Waals surface area (Å²) in [6, 6.07) is 12.9. The number of carbonyl (C=O) groups excluding carboxylic acids is 4. The molecule has 8 nitrogen and oxygen atoms in total. The fourth-order valence-electron chi connectivity index (χ4n) is 2.74. The molecule has 152 valence electrons.